The standard InChI is InChI=1S/C15H23NO2/c1-5-12-7-6-8-13(9-12)16-15(4,14(17)18)10-11(2)3/h6-9,11,16H,5,10H2,1-4H3,(H,17,18). The highest BCUT2D eigenvalue weighted by atomic mass is 16.4. The van der Waals surface area contributed by atoms with Crippen molar-refractivity contribution in [3.05, 3.63) is 29.8 Å². The number of carboxylic acid groups (broad SMARTS) is 1. The van der Waals surface area contributed by atoms with Gasteiger partial charge < -0.3 is 10.4 Å². The quantitative estimate of drug-likeness (QED) is 0.810. The highest BCUT2D eigenvalue weighted by Gasteiger charge is 2.33. The average molecular weight is 249 g/mol. The minimum Gasteiger partial charge on any atom is -0.480 e. The Balaban J connectivity index is 2.92. The first-order valence-electron chi connectivity index (χ1n) is 6.48. The fourth-order valence-electron chi connectivity index (χ4n) is 2.20. The molecular formula is C15H23NO2. The third-order valence-corrected chi connectivity index (χ3v) is 3.04. The molecule has 0 aliphatic heterocycles. The van der Waals surface area contributed by atoms with Crippen LogP contribution in [0.5, 0.6) is 0 Å². The molecular weight excluding hydrogens is 226 g/mol. The van der Waals surface area contributed by atoms with E-state index >= 15 is 0 Å². The van der Waals surface area contributed by atoms with Crippen LogP contribution in [0.3, 0.4) is 0 Å². The number of hydrogen-bond acceptors (Lipinski definition) is 2. The lowest BCUT2D eigenvalue weighted by Gasteiger charge is -2.29. The zero-order valence-electron chi connectivity index (χ0n) is 11.7. The van der Waals surface area contributed by atoms with Gasteiger partial charge in [-0.2, -0.15) is 0 Å². The Labute approximate surface area is 109 Å². The largest absolute Gasteiger partial charge is 0.480 e. The van der Waals surface area contributed by atoms with Crippen LogP contribution in [0.2, 0.25) is 0 Å². The second kappa shape index (κ2) is 5.89. The average Bonchev–Trinajstić information content (AvgIpc) is 2.27. The van der Waals surface area contributed by atoms with E-state index < -0.39 is 11.5 Å². The zero-order valence-corrected chi connectivity index (χ0v) is 11.7. The molecule has 1 unspecified atom stereocenters. The Hall–Kier alpha value is -1.51. The molecule has 0 bridgehead atoms. The predicted octanol–water partition coefficient (Wildman–Crippen LogP) is 3.55. The van der Waals surface area contributed by atoms with Gasteiger partial charge in [-0.05, 0) is 43.4 Å². The summed E-state index contributed by atoms with van der Waals surface area (Å²) in [5, 5.41) is 12.6. The molecule has 100 valence electrons. The highest BCUT2D eigenvalue weighted by molar-refractivity contribution is 5.82. The van der Waals surface area contributed by atoms with Gasteiger partial charge in [0.1, 0.15) is 5.54 Å². The third kappa shape index (κ3) is 3.76. The molecule has 3 nitrogen and oxygen atoms in total. The summed E-state index contributed by atoms with van der Waals surface area (Å²) in [5.41, 5.74) is 1.16. The van der Waals surface area contributed by atoms with E-state index in [4.69, 9.17) is 0 Å². The lowest BCUT2D eigenvalue weighted by Crippen LogP contribution is -2.44. The summed E-state index contributed by atoms with van der Waals surface area (Å²) in [5.74, 6) is -0.481. The maximum Gasteiger partial charge on any atom is 0.329 e. The van der Waals surface area contributed by atoms with E-state index in [9.17, 15) is 9.90 Å². The van der Waals surface area contributed by atoms with Crippen LogP contribution < -0.4 is 5.32 Å². The van der Waals surface area contributed by atoms with E-state index in [0.717, 1.165) is 12.1 Å². The molecule has 2 N–H and O–H groups in total. The number of aliphatic carboxylic acids is 1. The SMILES string of the molecule is CCc1cccc(NC(C)(CC(C)C)C(=O)O)c1. The van der Waals surface area contributed by atoms with Gasteiger partial charge in [0.05, 0.1) is 0 Å². The van der Waals surface area contributed by atoms with Crippen molar-refractivity contribution in [1.29, 1.82) is 0 Å². The molecule has 0 saturated heterocycles. The van der Waals surface area contributed by atoms with Crippen LogP contribution in [0.25, 0.3) is 0 Å². The van der Waals surface area contributed by atoms with Crippen LogP contribution >= 0.6 is 0 Å². The fourth-order valence-corrected chi connectivity index (χ4v) is 2.20. The van der Waals surface area contributed by atoms with Gasteiger partial charge >= 0.3 is 5.97 Å². The molecule has 0 heterocycles. The van der Waals surface area contributed by atoms with Crippen LogP contribution in [-0.2, 0) is 11.2 Å². The van der Waals surface area contributed by atoms with E-state index in [-0.39, 0.29) is 0 Å². The van der Waals surface area contributed by atoms with Gasteiger partial charge in [0.25, 0.3) is 0 Å². The lowest BCUT2D eigenvalue weighted by atomic mass is 9.90. The Morgan fingerprint density at radius 2 is 2.11 bits per heavy atom. The van der Waals surface area contributed by atoms with Crippen molar-refractivity contribution in [2.24, 2.45) is 5.92 Å². The fraction of sp³-hybridized carbons (Fsp3) is 0.533. The molecule has 3 heteroatoms. The van der Waals surface area contributed by atoms with Gasteiger partial charge in [0.15, 0.2) is 0 Å². The molecule has 0 saturated carbocycles. The lowest BCUT2D eigenvalue weighted by molar-refractivity contribution is -0.142. The number of anilines is 1. The summed E-state index contributed by atoms with van der Waals surface area (Å²) < 4.78 is 0. The second-order valence-corrected chi connectivity index (χ2v) is 5.41. The molecule has 0 spiro atoms. The predicted molar refractivity (Wildman–Crippen MR) is 74.9 cm³/mol. The van der Waals surface area contributed by atoms with Gasteiger partial charge in [0, 0.05) is 5.69 Å². The van der Waals surface area contributed by atoms with Gasteiger partial charge in [-0.3, -0.25) is 0 Å². The smallest absolute Gasteiger partial charge is 0.329 e. The van der Waals surface area contributed by atoms with Crippen molar-refractivity contribution in [3.63, 3.8) is 0 Å². The number of carbonyl (C=O) groups is 1. The van der Waals surface area contributed by atoms with Crippen LogP contribution in [0.4, 0.5) is 5.69 Å². The van der Waals surface area contributed by atoms with E-state index in [0.29, 0.717) is 12.3 Å². The molecule has 18 heavy (non-hydrogen) atoms. The maximum atomic E-state index is 11.5. The zero-order chi connectivity index (χ0) is 13.8. The summed E-state index contributed by atoms with van der Waals surface area (Å²) in [6, 6.07) is 7.94. The summed E-state index contributed by atoms with van der Waals surface area (Å²) in [7, 11) is 0. The van der Waals surface area contributed by atoms with Gasteiger partial charge in [-0.1, -0.05) is 32.9 Å². The molecule has 0 aliphatic carbocycles. The van der Waals surface area contributed by atoms with Crippen molar-refractivity contribution in [2.75, 3.05) is 5.32 Å². The van der Waals surface area contributed by atoms with Crippen molar-refractivity contribution in [1.82, 2.24) is 0 Å². The van der Waals surface area contributed by atoms with Crippen molar-refractivity contribution in [3.8, 4) is 0 Å². The number of rotatable bonds is 6. The molecule has 0 radical (unpaired) electrons. The topological polar surface area (TPSA) is 49.3 Å². The van der Waals surface area contributed by atoms with E-state index in [1.165, 1.54) is 5.56 Å². The molecule has 1 atom stereocenters. The van der Waals surface area contributed by atoms with Crippen molar-refractivity contribution in [2.45, 2.75) is 46.1 Å². The molecule has 1 rings (SSSR count). The number of benzene rings is 1. The number of hydrogen-bond donors (Lipinski definition) is 2. The Morgan fingerprint density at radius 3 is 2.61 bits per heavy atom. The van der Waals surface area contributed by atoms with Gasteiger partial charge in [-0.15, -0.1) is 0 Å². The third-order valence-electron chi connectivity index (χ3n) is 3.04. The molecule has 0 aliphatic rings. The number of carboxylic acids is 1. The first-order chi connectivity index (χ1) is 8.37. The van der Waals surface area contributed by atoms with E-state index in [1.54, 1.807) is 6.92 Å². The molecule has 1 aromatic rings. The minimum absolute atomic E-state index is 0.327. The van der Waals surface area contributed by atoms with Crippen molar-refractivity contribution < 1.29 is 9.90 Å². The molecule has 0 aromatic heterocycles. The summed E-state index contributed by atoms with van der Waals surface area (Å²) in [4.78, 5) is 11.5. The van der Waals surface area contributed by atoms with Crippen LogP contribution in [-0.4, -0.2) is 16.6 Å². The molecule has 0 fully saturated rings. The Kier molecular flexibility index (Phi) is 4.76. The van der Waals surface area contributed by atoms with Crippen molar-refractivity contribution >= 4 is 11.7 Å². The highest BCUT2D eigenvalue weighted by Crippen LogP contribution is 2.23. The summed E-state index contributed by atoms with van der Waals surface area (Å²) in [6.45, 7) is 7.90. The van der Waals surface area contributed by atoms with Crippen LogP contribution in [0.1, 0.15) is 39.7 Å². The normalized spacial score (nSPS) is 14.3. The van der Waals surface area contributed by atoms with Gasteiger partial charge in [-0.25, -0.2) is 4.79 Å². The number of nitrogens with one attached hydrogen (secondary N) is 1. The first-order valence-corrected chi connectivity index (χ1v) is 6.48. The number of aryl methyl sites for hydroxylation is 1. The van der Waals surface area contributed by atoms with Gasteiger partial charge in [0.2, 0.25) is 0 Å². The van der Waals surface area contributed by atoms with E-state index in [2.05, 4.69) is 12.2 Å². The Bertz CT molecular complexity index is 415. The maximum absolute atomic E-state index is 11.5. The molecule has 0 amide bonds. The minimum atomic E-state index is -0.916. The summed E-state index contributed by atoms with van der Waals surface area (Å²) in [6.07, 6.45) is 1.54. The van der Waals surface area contributed by atoms with Crippen LogP contribution in [0.15, 0.2) is 24.3 Å². The van der Waals surface area contributed by atoms with E-state index in [1.807, 2.05) is 38.1 Å². The summed E-state index contributed by atoms with van der Waals surface area (Å²) >= 11 is 0. The first kappa shape index (κ1) is 14.6. The Morgan fingerprint density at radius 1 is 1.44 bits per heavy atom. The second-order valence-electron chi connectivity index (χ2n) is 5.41. The molecule has 1 aromatic carbocycles. The van der Waals surface area contributed by atoms with Crippen LogP contribution in [0, 0.1) is 5.92 Å². The monoisotopic (exact) mass is 249 g/mol.